The van der Waals surface area contributed by atoms with Crippen LogP contribution in [0.25, 0.3) is 0 Å². The summed E-state index contributed by atoms with van der Waals surface area (Å²) in [5, 5.41) is 2.97. The van der Waals surface area contributed by atoms with Crippen LogP contribution in [0.15, 0.2) is 24.3 Å². The minimum atomic E-state index is -0.0453. The van der Waals surface area contributed by atoms with E-state index in [0.29, 0.717) is 10.6 Å². The summed E-state index contributed by atoms with van der Waals surface area (Å²) in [4.78, 5) is 12.3. The fraction of sp³-hybridized carbons (Fsp3) is 0.467. The van der Waals surface area contributed by atoms with Gasteiger partial charge in [0.15, 0.2) is 0 Å². The SMILES string of the molecule is NC(=S)c1cccc(C(=O)NCCC2CCCC2)c1. The van der Waals surface area contributed by atoms with E-state index in [1.54, 1.807) is 18.2 Å². The Morgan fingerprint density at radius 2 is 2.00 bits per heavy atom. The molecule has 0 aromatic heterocycles. The predicted molar refractivity (Wildman–Crippen MR) is 81.2 cm³/mol. The molecule has 1 amide bonds. The molecule has 1 saturated carbocycles. The van der Waals surface area contributed by atoms with Gasteiger partial charge in [-0.05, 0) is 24.5 Å². The van der Waals surface area contributed by atoms with Crippen molar-refractivity contribution in [1.82, 2.24) is 5.32 Å². The van der Waals surface area contributed by atoms with Crippen LogP contribution in [0, 0.1) is 5.92 Å². The molecule has 3 N–H and O–H groups in total. The molecule has 4 heteroatoms. The molecule has 0 heterocycles. The summed E-state index contributed by atoms with van der Waals surface area (Å²) in [7, 11) is 0. The molecule has 19 heavy (non-hydrogen) atoms. The minimum absolute atomic E-state index is 0.0453. The highest BCUT2D eigenvalue weighted by atomic mass is 32.1. The third kappa shape index (κ3) is 4.03. The Labute approximate surface area is 119 Å². The number of carbonyl (C=O) groups is 1. The van der Waals surface area contributed by atoms with Crippen LogP contribution in [0.1, 0.15) is 48.0 Å². The molecule has 0 aliphatic heterocycles. The molecule has 0 radical (unpaired) electrons. The van der Waals surface area contributed by atoms with Crippen LogP contribution in [0.2, 0.25) is 0 Å². The molecule has 2 rings (SSSR count). The van der Waals surface area contributed by atoms with Crippen LogP contribution in [0.3, 0.4) is 0 Å². The Kier molecular flexibility index (Phi) is 4.91. The van der Waals surface area contributed by atoms with Crippen molar-refractivity contribution in [3.63, 3.8) is 0 Å². The third-order valence-corrected chi connectivity index (χ3v) is 3.96. The van der Waals surface area contributed by atoms with Gasteiger partial charge in [0, 0.05) is 17.7 Å². The van der Waals surface area contributed by atoms with Crippen molar-refractivity contribution in [2.24, 2.45) is 11.7 Å². The van der Waals surface area contributed by atoms with Crippen molar-refractivity contribution in [2.45, 2.75) is 32.1 Å². The van der Waals surface area contributed by atoms with Gasteiger partial charge < -0.3 is 11.1 Å². The molecule has 1 aliphatic carbocycles. The van der Waals surface area contributed by atoms with Gasteiger partial charge in [0.25, 0.3) is 5.91 Å². The zero-order chi connectivity index (χ0) is 13.7. The topological polar surface area (TPSA) is 55.1 Å². The lowest BCUT2D eigenvalue weighted by atomic mass is 10.0. The van der Waals surface area contributed by atoms with Crippen molar-refractivity contribution in [1.29, 1.82) is 0 Å². The number of nitrogens with one attached hydrogen (secondary N) is 1. The second kappa shape index (κ2) is 6.66. The maximum atomic E-state index is 12.0. The molecule has 0 spiro atoms. The summed E-state index contributed by atoms with van der Waals surface area (Å²) in [6.07, 6.45) is 6.39. The molecule has 0 saturated heterocycles. The van der Waals surface area contributed by atoms with Crippen LogP contribution in [0.4, 0.5) is 0 Å². The Bertz CT molecular complexity index is 467. The van der Waals surface area contributed by atoms with E-state index >= 15 is 0 Å². The summed E-state index contributed by atoms with van der Waals surface area (Å²) in [6.45, 7) is 0.751. The summed E-state index contributed by atoms with van der Waals surface area (Å²) >= 11 is 4.91. The number of nitrogens with two attached hydrogens (primary N) is 1. The monoisotopic (exact) mass is 276 g/mol. The Hall–Kier alpha value is -1.42. The van der Waals surface area contributed by atoms with E-state index < -0.39 is 0 Å². The van der Waals surface area contributed by atoms with E-state index in [2.05, 4.69) is 5.32 Å². The number of thiocarbonyl (C=S) groups is 1. The summed E-state index contributed by atoms with van der Waals surface area (Å²) in [6, 6.07) is 7.15. The lowest BCUT2D eigenvalue weighted by Crippen LogP contribution is -2.26. The molecule has 0 unspecified atom stereocenters. The van der Waals surface area contributed by atoms with Crippen LogP contribution >= 0.6 is 12.2 Å². The van der Waals surface area contributed by atoms with Crippen molar-refractivity contribution >= 4 is 23.1 Å². The number of hydrogen-bond donors (Lipinski definition) is 2. The maximum Gasteiger partial charge on any atom is 0.251 e. The number of rotatable bonds is 5. The van der Waals surface area contributed by atoms with E-state index in [1.165, 1.54) is 25.7 Å². The highest BCUT2D eigenvalue weighted by Gasteiger charge is 2.15. The third-order valence-electron chi connectivity index (χ3n) is 3.72. The minimum Gasteiger partial charge on any atom is -0.389 e. The first-order valence-corrected chi connectivity index (χ1v) is 7.25. The zero-order valence-corrected chi connectivity index (χ0v) is 11.8. The van der Waals surface area contributed by atoms with E-state index in [0.717, 1.165) is 24.4 Å². The molecule has 3 nitrogen and oxygen atoms in total. The highest BCUT2D eigenvalue weighted by molar-refractivity contribution is 7.80. The van der Waals surface area contributed by atoms with Gasteiger partial charge in [0.1, 0.15) is 4.99 Å². The molecule has 1 fully saturated rings. The van der Waals surface area contributed by atoms with Gasteiger partial charge >= 0.3 is 0 Å². The summed E-state index contributed by atoms with van der Waals surface area (Å²) in [5.41, 5.74) is 6.92. The van der Waals surface area contributed by atoms with E-state index in [1.807, 2.05) is 6.07 Å². The van der Waals surface area contributed by atoms with Gasteiger partial charge in [-0.25, -0.2) is 0 Å². The molecule has 0 bridgehead atoms. The van der Waals surface area contributed by atoms with E-state index in [-0.39, 0.29) is 5.91 Å². The fourth-order valence-corrected chi connectivity index (χ4v) is 2.73. The second-order valence-corrected chi connectivity index (χ2v) is 5.58. The van der Waals surface area contributed by atoms with E-state index in [4.69, 9.17) is 18.0 Å². The normalized spacial score (nSPS) is 15.4. The molecule has 1 aromatic rings. The molecule has 102 valence electrons. The van der Waals surface area contributed by atoms with Gasteiger partial charge in [-0.1, -0.05) is 50.0 Å². The average Bonchev–Trinajstić information content (AvgIpc) is 2.92. The van der Waals surface area contributed by atoms with Gasteiger partial charge in [-0.2, -0.15) is 0 Å². The van der Waals surface area contributed by atoms with Gasteiger partial charge in [-0.3, -0.25) is 4.79 Å². The predicted octanol–water partition coefficient (Wildman–Crippen LogP) is 2.63. The fourth-order valence-electron chi connectivity index (χ4n) is 2.60. The smallest absolute Gasteiger partial charge is 0.251 e. The van der Waals surface area contributed by atoms with Crippen LogP contribution in [0.5, 0.6) is 0 Å². The first kappa shape index (κ1) is 14.0. The van der Waals surface area contributed by atoms with E-state index in [9.17, 15) is 4.79 Å². The lowest BCUT2D eigenvalue weighted by molar-refractivity contribution is 0.0951. The highest BCUT2D eigenvalue weighted by Crippen LogP contribution is 2.26. The summed E-state index contributed by atoms with van der Waals surface area (Å²) < 4.78 is 0. The number of amides is 1. The standard InChI is InChI=1S/C15H20N2OS/c16-14(19)12-6-3-7-13(10-12)15(18)17-9-8-11-4-1-2-5-11/h3,6-7,10-11H,1-2,4-5,8-9H2,(H2,16,19)(H,17,18). The maximum absolute atomic E-state index is 12.0. The first-order chi connectivity index (χ1) is 9.16. The zero-order valence-electron chi connectivity index (χ0n) is 11.0. The Balaban J connectivity index is 1.85. The first-order valence-electron chi connectivity index (χ1n) is 6.85. The molecular formula is C15H20N2OS. The van der Waals surface area contributed by atoms with Crippen LogP contribution in [-0.2, 0) is 0 Å². The number of carbonyl (C=O) groups excluding carboxylic acids is 1. The van der Waals surface area contributed by atoms with Gasteiger partial charge in [0.05, 0.1) is 0 Å². The van der Waals surface area contributed by atoms with Gasteiger partial charge in [0.2, 0.25) is 0 Å². The number of benzene rings is 1. The number of hydrogen-bond acceptors (Lipinski definition) is 2. The molecular weight excluding hydrogens is 256 g/mol. The van der Waals surface area contributed by atoms with Crippen molar-refractivity contribution < 1.29 is 4.79 Å². The summed E-state index contributed by atoms with van der Waals surface area (Å²) in [5.74, 6) is 0.749. The largest absolute Gasteiger partial charge is 0.389 e. The van der Waals surface area contributed by atoms with Crippen molar-refractivity contribution in [2.75, 3.05) is 6.54 Å². The molecule has 0 atom stereocenters. The quantitative estimate of drug-likeness (QED) is 0.813. The lowest BCUT2D eigenvalue weighted by Gasteiger charge is -2.10. The van der Waals surface area contributed by atoms with Crippen LogP contribution < -0.4 is 11.1 Å². The van der Waals surface area contributed by atoms with Crippen molar-refractivity contribution in [3.8, 4) is 0 Å². The second-order valence-electron chi connectivity index (χ2n) is 5.14. The van der Waals surface area contributed by atoms with Crippen molar-refractivity contribution in [3.05, 3.63) is 35.4 Å². The Morgan fingerprint density at radius 1 is 1.32 bits per heavy atom. The van der Waals surface area contributed by atoms with Crippen LogP contribution in [-0.4, -0.2) is 17.4 Å². The van der Waals surface area contributed by atoms with Gasteiger partial charge in [-0.15, -0.1) is 0 Å². The Morgan fingerprint density at radius 3 is 2.68 bits per heavy atom. The molecule has 1 aromatic carbocycles. The molecule has 1 aliphatic rings. The average molecular weight is 276 g/mol.